The largest absolute Gasteiger partial charge is 0.360 e. The van der Waals surface area contributed by atoms with Crippen molar-refractivity contribution >= 4 is 6.29 Å². The lowest BCUT2D eigenvalue weighted by molar-refractivity contribution is -0.120. The van der Waals surface area contributed by atoms with Crippen LogP contribution in [0.25, 0.3) is 0 Å². The number of benzene rings is 2. The van der Waals surface area contributed by atoms with Gasteiger partial charge < -0.3 is 9.53 Å². The SMILES string of the molecule is CC(C=O)C1(c2ccc(F)cc2)OCc2cc(C#N)ccc21. The van der Waals surface area contributed by atoms with Crippen molar-refractivity contribution in [2.45, 2.75) is 19.1 Å². The number of hydrogen-bond acceptors (Lipinski definition) is 3. The van der Waals surface area contributed by atoms with Crippen LogP contribution in [0.15, 0.2) is 42.5 Å². The summed E-state index contributed by atoms with van der Waals surface area (Å²) in [4.78, 5) is 11.5. The molecular weight excluding hydrogens is 281 g/mol. The molecule has 2 aromatic rings. The van der Waals surface area contributed by atoms with Gasteiger partial charge in [0.05, 0.1) is 18.2 Å². The van der Waals surface area contributed by atoms with Crippen molar-refractivity contribution in [3.63, 3.8) is 0 Å². The zero-order valence-corrected chi connectivity index (χ0v) is 12.0. The normalized spacial score (nSPS) is 21.0. The van der Waals surface area contributed by atoms with Gasteiger partial charge in [-0.15, -0.1) is 0 Å². The smallest absolute Gasteiger partial charge is 0.128 e. The number of fused-ring (bicyclic) bond motifs is 1. The summed E-state index contributed by atoms with van der Waals surface area (Å²) in [7, 11) is 0. The number of ether oxygens (including phenoxy) is 1. The van der Waals surface area contributed by atoms with Crippen LogP contribution in [-0.4, -0.2) is 6.29 Å². The van der Waals surface area contributed by atoms with E-state index in [0.29, 0.717) is 12.2 Å². The average Bonchev–Trinajstić information content (AvgIpc) is 2.94. The van der Waals surface area contributed by atoms with Gasteiger partial charge in [-0.25, -0.2) is 4.39 Å². The first-order valence-corrected chi connectivity index (χ1v) is 7.00. The minimum Gasteiger partial charge on any atom is -0.360 e. The van der Waals surface area contributed by atoms with Crippen molar-refractivity contribution in [1.29, 1.82) is 5.26 Å². The molecule has 3 rings (SSSR count). The van der Waals surface area contributed by atoms with Gasteiger partial charge in [0.25, 0.3) is 0 Å². The first-order chi connectivity index (χ1) is 10.6. The molecule has 3 nitrogen and oxygen atoms in total. The maximum Gasteiger partial charge on any atom is 0.128 e. The highest BCUT2D eigenvalue weighted by Crippen LogP contribution is 2.46. The maximum absolute atomic E-state index is 13.2. The Labute approximate surface area is 128 Å². The molecule has 0 saturated carbocycles. The number of nitriles is 1. The molecule has 0 radical (unpaired) electrons. The molecule has 4 heteroatoms. The summed E-state index contributed by atoms with van der Waals surface area (Å²) in [6.45, 7) is 2.10. The van der Waals surface area contributed by atoms with Crippen LogP contribution in [0.2, 0.25) is 0 Å². The van der Waals surface area contributed by atoms with E-state index in [9.17, 15) is 9.18 Å². The number of aldehydes is 1. The predicted octanol–water partition coefficient (Wildman–Crippen LogP) is 3.31. The molecule has 110 valence electrons. The lowest BCUT2D eigenvalue weighted by atomic mass is 9.77. The van der Waals surface area contributed by atoms with Crippen LogP contribution in [0.3, 0.4) is 0 Å². The van der Waals surface area contributed by atoms with Gasteiger partial charge in [-0.1, -0.05) is 25.1 Å². The van der Waals surface area contributed by atoms with E-state index in [-0.39, 0.29) is 5.82 Å². The molecule has 0 N–H and O–H groups in total. The minimum atomic E-state index is -0.932. The lowest BCUT2D eigenvalue weighted by Crippen LogP contribution is -2.35. The Kier molecular flexibility index (Phi) is 3.51. The molecule has 0 bridgehead atoms. The lowest BCUT2D eigenvalue weighted by Gasteiger charge is -2.33. The number of carbonyl (C=O) groups is 1. The summed E-state index contributed by atoms with van der Waals surface area (Å²) in [6, 6.07) is 13.4. The molecule has 0 amide bonds. The minimum absolute atomic E-state index is 0.320. The highest BCUT2D eigenvalue weighted by Gasteiger charge is 2.46. The highest BCUT2D eigenvalue weighted by molar-refractivity contribution is 5.61. The molecular formula is C18H14FNO2. The van der Waals surface area contributed by atoms with Crippen LogP contribution in [0.4, 0.5) is 4.39 Å². The van der Waals surface area contributed by atoms with Gasteiger partial charge in [0, 0.05) is 5.92 Å². The van der Waals surface area contributed by atoms with Crippen molar-refractivity contribution in [1.82, 2.24) is 0 Å². The first kappa shape index (κ1) is 14.4. The molecule has 1 aliphatic rings. The fourth-order valence-corrected chi connectivity index (χ4v) is 3.09. The van der Waals surface area contributed by atoms with Crippen LogP contribution >= 0.6 is 0 Å². The number of nitrogens with zero attached hydrogens (tertiary/aromatic N) is 1. The Balaban J connectivity index is 2.21. The molecule has 0 aliphatic carbocycles. The topological polar surface area (TPSA) is 50.1 Å². The fourth-order valence-electron chi connectivity index (χ4n) is 3.09. The molecule has 2 unspecified atom stereocenters. The van der Waals surface area contributed by atoms with Crippen LogP contribution in [0.5, 0.6) is 0 Å². The molecule has 2 atom stereocenters. The molecule has 0 aromatic heterocycles. The molecule has 0 fully saturated rings. The van der Waals surface area contributed by atoms with E-state index in [1.165, 1.54) is 12.1 Å². The van der Waals surface area contributed by atoms with Gasteiger partial charge in [0.1, 0.15) is 17.7 Å². The molecule has 22 heavy (non-hydrogen) atoms. The van der Waals surface area contributed by atoms with Crippen molar-refractivity contribution < 1.29 is 13.9 Å². The second-order valence-electron chi connectivity index (χ2n) is 5.44. The number of rotatable bonds is 3. The van der Waals surface area contributed by atoms with Gasteiger partial charge in [0.2, 0.25) is 0 Å². The molecule has 1 heterocycles. The van der Waals surface area contributed by atoms with Gasteiger partial charge >= 0.3 is 0 Å². The monoisotopic (exact) mass is 295 g/mol. The third-order valence-corrected chi connectivity index (χ3v) is 4.21. The van der Waals surface area contributed by atoms with Gasteiger partial charge in [-0.05, 0) is 41.0 Å². The summed E-state index contributed by atoms with van der Waals surface area (Å²) in [6.07, 6.45) is 0.844. The Morgan fingerprint density at radius 3 is 2.68 bits per heavy atom. The summed E-state index contributed by atoms with van der Waals surface area (Å²) in [5.74, 6) is -0.775. The van der Waals surface area contributed by atoms with Crippen molar-refractivity contribution in [2.75, 3.05) is 0 Å². The van der Waals surface area contributed by atoms with Crippen LogP contribution in [0, 0.1) is 23.1 Å². The van der Waals surface area contributed by atoms with E-state index in [0.717, 1.165) is 23.0 Å². The summed E-state index contributed by atoms with van der Waals surface area (Å²) >= 11 is 0. The average molecular weight is 295 g/mol. The molecule has 1 aliphatic heterocycles. The quantitative estimate of drug-likeness (QED) is 0.816. The standard InChI is InChI=1S/C18H14FNO2/c1-12(10-21)18(15-3-5-16(19)6-4-15)17-7-2-13(9-20)8-14(17)11-22-18/h2-8,10,12H,11H2,1H3. The van der Waals surface area contributed by atoms with Gasteiger partial charge in [-0.3, -0.25) is 0 Å². The highest BCUT2D eigenvalue weighted by atomic mass is 19.1. The zero-order valence-electron chi connectivity index (χ0n) is 12.0. The second-order valence-corrected chi connectivity index (χ2v) is 5.44. The Morgan fingerprint density at radius 1 is 1.32 bits per heavy atom. The zero-order chi connectivity index (χ0) is 15.7. The molecule has 2 aromatic carbocycles. The first-order valence-electron chi connectivity index (χ1n) is 7.00. The summed E-state index contributed by atoms with van der Waals surface area (Å²) in [5, 5.41) is 9.01. The van der Waals surface area contributed by atoms with Crippen LogP contribution in [0.1, 0.15) is 29.2 Å². The van der Waals surface area contributed by atoms with E-state index >= 15 is 0 Å². The van der Waals surface area contributed by atoms with Gasteiger partial charge in [-0.2, -0.15) is 5.26 Å². The van der Waals surface area contributed by atoms with E-state index in [2.05, 4.69) is 6.07 Å². The Hall–Kier alpha value is -2.51. The van der Waals surface area contributed by atoms with Crippen molar-refractivity contribution in [3.8, 4) is 6.07 Å². The predicted molar refractivity (Wildman–Crippen MR) is 78.4 cm³/mol. The van der Waals surface area contributed by atoms with Crippen molar-refractivity contribution in [3.05, 3.63) is 70.5 Å². The third-order valence-electron chi connectivity index (χ3n) is 4.21. The van der Waals surface area contributed by atoms with E-state index < -0.39 is 11.5 Å². The number of hydrogen-bond donors (Lipinski definition) is 0. The summed E-state index contributed by atoms with van der Waals surface area (Å²) in [5.41, 5.74) is 2.10. The Bertz CT molecular complexity index is 764. The molecule has 0 saturated heterocycles. The third kappa shape index (κ3) is 2.02. The van der Waals surface area contributed by atoms with E-state index in [1.54, 1.807) is 31.2 Å². The van der Waals surface area contributed by atoms with E-state index in [4.69, 9.17) is 10.00 Å². The second kappa shape index (κ2) is 5.36. The maximum atomic E-state index is 13.2. The van der Waals surface area contributed by atoms with Crippen LogP contribution in [-0.2, 0) is 21.7 Å². The van der Waals surface area contributed by atoms with Crippen molar-refractivity contribution in [2.24, 2.45) is 5.92 Å². The van der Waals surface area contributed by atoms with E-state index in [1.807, 2.05) is 6.07 Å². The molecule has 0 spiro atoms. The number of halogens is 1. The fraction of sp³-hybridized carbons (Fsp3) is 0.222. The van der Waals surface area contributed by atoms with Gasteiger partial charge in [0.15, 0.2) is 0 Å². The van der Waals surface area contributed by atoms with Crippen LogP contribution < -0.4 is 0 Å². The summed E-state index contributed by atoms with van der Waals surface area (Å²) < 4.78 is 19.3. The number of carbonyl (C=O) groups excluding carboxylic acids is 1. The Morgan fingerprint density at radius 2 is 2.05 bits per heavy atom.